The van der Waals surface area contributed by atoms with Gasteiger partial charge in [-0.05, 0) is 13.8 Å². The summed E-state index contributed by atoms with van der Waals surface area (Å²) in [4.78, 5) is 15.9. The van der Waals surface area contributed by atoms with Crippen LogP contribution in [-0.2, 0) is 23.0 Å². The number of carbonyl (C=O) groups excluding carboxylic acids is 1. The molecule has 6 heteroatoms. The van der Waals surface area contributed by atoms with Crippen molar-refractivity contribution in [1.29, 1.82) is 0 Å². The number of hydrogen-bond acceptors (Lipinski definition) is 5. The third kappa shape index (κ3) is 2.57. The highest BCUT2D eigenvalue weighted by atomic mass is 16.5. The second-order valence-corrected chi connectivity index (χ2v) is 3.96. The van der Waals surface area contributed by atoms with Gasteiger partial charge in [-0.3, -0.25) is 9.48 Å². The first-order valence-corrected chi connectivity index (χ1v) is 5.23. The zero-order chi connectivity index (χ0) is 12.2. The number of carbonyl (C=O) groups is 1. The topological polar surface area (TPSA) is 83.0 Å². The first kappa shape index (κ1) is 12.6. The molecule has 1 atom stereocenters. The quantitative estimate of drug-likeness (QED) is 0.708. The Morgan fingerprint density at radius 3 is 2.81 bits per heavy atom. The van der Waals surface area contributed by atoms with Crippen molar-refractivity contribution in [2.24, 2.45) is 18.2 Å². The molecule has 2 N–H and O–H groups in total. The van der Waals surface area contributed by atoms with Crippen molar-refractivity contribution >= 4 is 5.97 Å². The number of aryl methyl sites for hydroxylation is 1. The Kier molecular flexibility index (Phi) is 4.00. The minimum Gasteiger partial charge on any atom is -0.466 e. The summed E-state index contributed by atoms with van der Waals surface area (Å²) in [5, 5.41) is 3.95. The predicted molar refractivity (Wildman–Crippen MR) is 58.5 cm³/mol. The molecule has 0 spiro atoms. The number of nitrogens with zero attached hydrogens (tertiary/aromatic N) is 3. The van der Waals surface area contributed by atoms with Gasteiger partial charge >= 0.3 is 5.97 Å². The Bertz CT molecular complexity index is 363. The lowest BCUT2D eigenvalue weighted by molar-refractivity contribution is -0.153. The maximum atomic E-state index is 11.8. The molecule has 1 unspecified atom stereocenters. The van der Waals surface area contributed by atoms with E-state index in [1.54, 1.807) is 25.6 Å². The highest BCUT2D eigenvalue weighted by Crippen LogP contribution is 2.21. The lowest BCUT2D eigenvalue weighted by Gasteiger charge is -2.24. The molecular formula is C10H18N4O2. The highest BCUT2D eigenvalue weighted by molar-refractivity contribution is 5.77. The summed E-state index contributed by atoms with van der Waals surface area (Å²) in [5.74, 6) is 0.432. The van der Waals surface area contributed by atoms with Crippen LogP contribution in [0.3, 0.4) is 0 Å². The van der Waals surface area contributed by atoms with Gasteiger partial charge in [-0.2, -0.15) is 5.10 Å². The second-order valence-electron chi connectivity index (χ2n) is 3.96. The molecule has 1 heterocycles. The summed E-state index contributed by atoms with van der Waals surface area (Å²) in [6.07, 6.45) is 1.89. The number of rotatable bonds is 5. The van der Waals surface area contributed by atoms with Gasteiger partial charge in [0.15, 0.2) is 0 Å². The van der Waals surface area contributed by atoms with E-state index >= 15 is 0 Å². The van der Waals surface area contributed by atoms with Crippen molar-refractivity contribution in [3.05, 3.63) is 12.2 Å². The van der Waals surface area contributed by atoms with E-state index < -0.39 is 5.41 Å². The minimum atomic E-state index is -0.739. The maximum absolute atomic E-state index is 11.8. The number of esters is 1. The molecule has 90 valence electrons. The fourth-order valence-corrected chi connectivity index (χ4v) is 1.36. The van der Waals surface area contributed by atoms with E-state index in [9.17, 15) is 4.79 Å². The van der Waals surface area contributed by atoms with Gasteiger partial charge in [0.2, 0.25) is 0 Å². The summed E-state index contributed by atoms with van der Waals surface area (Å²) in [6, 6.07) is 0. The van der Waals surface area contributed by atoms with Crippen LogP contribution in [0.5, 0.6) is 0 Å². The number of aromatic nitrogens is 3. The largest absolute Gasteiger partial charge is 0.466 e. The van der Waals surface area contributed by atoms with E-state index in [0.717, 1.165) is 5.82 Å². The summed E-state index contributed by atoms with van der Waals surface area (Å²) in [5.41, 5.74) is 4.91. The molecule has 0 aliphatic rings. The average Bonchev–Trinajstić information content (AvgIpc) is 2.64. The fraction of sp³-hybridized carbons (Fsp3) is 0.700. The third-order valence-corrected chi connectivity index (χ3v) is 2.57. The first-order chi connectivity index (χ1) is 7.53. The molecule has 1 rings (SSSR count). The van der Waals surface area contributed by atoms with Gasteiger partial charge in [0, 0.05) is 20.0 Å². The fourth-order valence-electron chi connectivity index (χ4n) is 1.36. The number of hydrogen-bond donors (Lipinski definition) is 1. The standard InChI is InChI=1S/C10H18N4O2/c1-4-16-9(15)10(2,6-11)5-8-12-7-13-14(8)3/h7H,4-6,11H2,1-3H3. The van der Waals surface area contributed by atoms with E-state index in [0.29, 0.717) is 13.0 Å². The molecule has 6 nitrogen and oxygen atoms in total. The Morgan fingerprint density at radius 2 is 2.38 bits per heavy atom. The Hall–Kier alpha value is -1.43. The van der Waals surface area contributed by atoms with E-state index in [4.69, 9.17) is 10.5 Å². The number of ether oxygens (including phenoxy) is 1. The molecule has 16 heavy (non-hydrogen) atoms. The van der Waals surface area contributed by atoms with Crippen molar-refractivity contribution < 1.29 is 9.53 Å². The summed E-state index contributed by atoms with van der Waals surface area (Å²) >= 11 is 0. The van der Waals surface area contributed by atoms with Gasteiger partial charge in [-0.1, -0.05) is 0 Å². The van der Waals surface area contributed by atoms with Gasteiger partial charge in [-0.15, -0.1) is 0 Å². The molecule has 0 aliphatic heterocycles. The molecule has 0 aromatic carbocycles. The van der Waals surface area contributed by atoms with Crippen LogP contribution in [0.4, 0.5) is 0 Å². The van der Waals surface area contributed by atoms with Gasteiger partial charge in [0.05, 0.1) is 12.0 Å². The van der Waals surface area contributed by atoms with Gasteiger partial charge < -0.3 is 10.5 Å². The average molecular weight is 226 g/mol. The molecule has 0 radical (unpaired) electrons. The van der Waals surface area contributed by atoms with Crippen LogP contribution in [0.15, 0.2) is 6.33 Å². The van der Waals surface area contributed by atoms with Crippen LogP contribution < -0.4 is 5.73 Å². The van der Waals surface area contributed by atoms with Gasteiger partial charge in [-0.25, -0.2) is 4.98 Å². The molecule has 0 aliphatic carbocycles. The van der Waals surface area contributed by atoms with E-state index in [1.165, 1.54) is 6.33 Å². The van der Waals surface area contributed by atoms with E-state index in [1.807, 2.05) is 0 Å². The van der Waals surface area contributed by atoms with Crippen LogP contribution >= 0.6 is 0 Å². The zero-order valence-electron chi connectivity index (χ0n) is 9.93. The molecule has 0 saturated carbocycles. The second kappa shape index (κ2) is 5.07. The van der Waals surface area contributed by atoms with Crippen LogP contribution in [0, 0.1) is 5.41 Å². The molecule has 0 amide bonds. The molecule has 1 aromatic rings. The number of nitrogens with two attached hydrogens (primary N) is 1. The summed E-state index contributed by atoms with van der Waals surface area (Å²) < 4.78 is 6.64. The first-order valence-electron chi connectivity index (χ1n) is 5.23. The van der Waals surface area contributed by atoms with Crippen LogP contribution in [0.25, 0.3) is 0 Å². The SMILES string of the molecule is CCOC(=O)C(C)(CN)Cc1ncnn1C. The predicted octanol–water partition coefficient (Wildman–Crippen LogP) is -0.114. The molecule has 0 saturated heterocycles. The van der Waals surface area contributed by atoms with E-state index in [2.05, 4.69) is 10.1 Å². The monoisotopic (exact) mass is 226 g/mol. The zero-order valence-corrected chi connectivity index (χ0v) is 9.93. The van der Waals surface area contributed by atoms with Crippen molar-refractivity contribution in [3.63, 3.8) is 0 Å². The van der Waals surface area contributed by atoms with Crippen LogP contribution in [0.2, 0.25) is 0 Å². The lowest BCUT2D eigenvalue weighted by Crippen LogP contribution is -2.40. The molecule has 0 fully saturated rings. The molecule has 0 bridgehead atoms. The van der Waals surface area contributed by atoms with E-state index in [-0.39, 0.29) is 12.5 Å². The lowest BCUT2D eigenvalue weighted by atomic mass is 9.86. The van der Waals surface area contributed by atoms with Crippen molar-refractivity contribution in [2.45, 2.75) is 20.3 Å². The molecular weight excluding hydrogens is 208 g/mol. The van der Waals surface area contributed by atoms with Gasteiger partial charge in [0.1, 0.15) is 12.2 Å². The van der Waals surface area contributed by atoms with Crippen molar-refractivity contribution in [1.82, 2.24) is 14.8 Å². The minimum absolute atomic E-state index is 0.221. The highest BCUT2D eigenvalue weighted by Gasteiger charge is 2.35. The van der Waals surface area contributed by atoms with Crippen LogP contribution in [0.1, 0.15) is 19.7 Å². The Balaban J connectivity index is 2.81. The third-order valence-electron chi connectivity index (χ3n) is 2.57. The van der Waals surface area contributed by atoms with Crippen LogP contribution in [-0.4, -0.2) is 33.9 Å². The normalized spacial score (nSPS) is 14.5. The smallest absolute Gasteiger partial charge is 0.313 e. The van der Waals surface area contributed by atoms with Crippen molar-refractivity contribution in [2.75, 3.05) is 13.2 Å². The molecule has 1 aromatic heterocycles. The van der Waals surface area contributed by atoms with Gasteiger partial charge in [0.25, 0.3) is 0 Å². The summed E-state index contributed by atoms with van der Waals surface area (Å²) in [7, 11) is 1.78. The maximum Gasteiger partial charge on any atom is 0.313 e. The summed E-state index contributed by atoms with van der Waals surface area (Å²) in [6.45, 7) is 4.13. The Morgan fingerprint density at radius 1 is 1.69 bits per heavy atom. The Labute approximate surface area is 94.8 Å². The van der Waals surface area contributed by atoms with Crippen molar-refractivity contribution in [3.8, 4) is 0 Å².